The minimum Gasteiger partial charge on any atom is -0.497 e. The van der Waals surface area contributed by atoms with Gasteiger partial charge in [-0.15, -0.1) is 0 Å². The molecule has 8 nitrogen and oxygen atoms in total. The fraction of sp³-hybridized carbons (Fsp3) is 0.310. The number of para-hydroxylation sites is 1. The molecule has 0 fully saturated rings. The van der Waals surface area contributed by atoms with Crippen molar-refractivity contribution in [3.63, 3.8) is 0 Å². The van der Waals surface area contributed by atoms with E-state index in [1.165, 1.54) is 27.8 Å². The monoisotopic (exact) mass is 566 g/mol. The Balaban J connectivity index is 1.65. The van der Waals surface area contributed by atoms with Gasteiger partial charge in [0.2, 0.25) is 0 Å². The van der Waals surface area contributed by atoms with Gasteiger partial charge in [-0.25, -0.2) is 13.4 Å². The lowest BCUT2D eigenvalue weighted by Gasteiger charge is -2.25. The van der Waals surface area contributed by atoms with Crippen molar-refractivity contribution in [2.45, 2.75) is 25.7 Å². The molecular formula is C29H34N4O4S2. The molecule has 0 spiro atoms. The summed E-state index contributed by atoms with van der Waals surface area (Å²) in [6, 6.07) is 20.8. The van der Waals surface area contributed by atoms with Gasteiger partial charge in [0.1, 0.15) is 5.75 Å². The van der Waals surface area contributed by atoms with Gasteiger partial charge in [-0.1, -0.05) is 43.4 Å². The largest absolute Gasteiger partial charge is 0.497 e. The number of benzene rings is 3. The van der Waals surface area contributed by atoms with E-state index in [1.807, 2.05) is 24.3 Å². The van der Waals surface area contributed by atoms with Gasteiger partial charge in [0, 0.05) is 25.2 Å². The van der Waals surface area contributed by atoms with Gasteiger partial charge in [0.15, 0.2) is 5.13 Å². The van der Waals surface area contributed by atoms with E-state index in [-0.39, 0.29) is 17.3 Å². The van der Waals surface area contributed by atoms with Gasteiger partial charge >= 0.3 is 0 Å². The summed E-state index contributed by atoms with van der Waals surface area (Å²) in [7, 11) is -2.17. The van der Waals surface area contributed by atoms with Crippen molar-refractivity contribution in [3.8, 4) is 5.75 Å². The number of carbonyl (C=O) groups excluding carboxylic acids is 1. The smallest absolute Gasteiger partial charge is 0.264 e. The molecule has 0 aliphatic rings. The second-order valence-electron chi connectivity index (χ2n) is 8.84. The lowest BCUT2D eigenvalue weighted by Crippen LogP contribution is -2.39. The summed E-state index contributed by atoms with van der Waals surface area (Å²) < 4.78 is 34.4. The molecule has 0 bridgehead atoms. The van der Waals surface area contributed by atoms with E-state index in [1.54, 1.807) is 55.3 Å². The van der Waals surface area contributed by atoms with Crippen LogP contribution in [-0.2, 0) is 10.0 Å². The molecule has 1 aromatic heterocycles. The number of hydrogen-bond donors (Lipinski definition) is 0. The molecule has 4 rings (SSSR count). The summed E-state index contributed by atoms with van der Waals surface area (Å²) in [6.07, 6.45) is 0. The topological polar surface area (TPSA) is 83.1 Å². The minimum absolute atomic E-state index is 0.131. The van der Waals surface area contributed by atoms with E-state index >= 15 is 0 Å². The minimum atomic E-state index is -3.79. The van der Waals surface area contributed by atoms with Gasteiger partial charge in [0.05, 0.1) is 27.9 Å². The van der Waals surface area contributed by atoms with E-state index in [2.05, 4.69) is 18.7 Å². The van der Waals surface area contributed by atoms with E-state index in [0.29, 0.717) is 29.5 Å². The number of ether oxygens (including phenoxy) is 1. The zero-order valence-corrected chi connectivity index (χ0v) is 24.3. The van der Waals surface area contributed by atoms with Gasteiger partial charge in [-0.2, -0.15) is 0 Å². The van der Waals surface area contributed by atoms with Crippen LogP contribution in [0.25, 0.3) is 10.2 Å². The Kier molecular flexibility index (Phi) is 9.21. The summed E-state index contributed by atoms with van der Waals surface area (Å²) in [5.41, 5.74) is 1.78. The van der Waals surface area contributed by atoms with Crippen LogP contribution in [0.2, 0.25) is 0 Å². The van der Waals surface area contributed by atoms with E-state index in [9.17, 15) is 13.2 Å². The molecule has 0 aliphatic carbocycles. The van der Waals surface area contributed by atoms with Crippen LogP contribution in [0.1, 0.15) is 31.1 Å². The average Bonchev–Trinajstić information content (AvgIpc) is 3.39. The standard InChI is InChI=1S/C29H34N4O4S2/c1-5-31(6-2)19-20-32(29-30-26-18-15-24(37-4)21-27(26)38-29)28(34)22-13-16-25(17-14-22)39(35,36)33(7-3)23-11-9-8-10-12-23/h8-18,21H,5-7,19-20H2,1-4H3. The molecule has 4 aromatic rings. The van der Waals surface area contributed by atoms with Crippen molar-refractivity contribution in [2.24, 2.45) is 0 Å². The zero-order valence-electron chi connectivity index (χ0n) is 22.7. The number of thiazole rings is 1. The average molecular weight is 567 g/mol. The first-order valence-corrected chi connectivity index (χ1v) is 15.2. The number of anilines is 2. The van der Waals surface area contributed by atoms with Gasteiger partial charge in [0.25, 0.3) is 15.9 Å². The first kappa shape index (κ1) is 28.5. The van der Waals surface area contributed by atoms with Crippen LogP contribution in [-0.4, -0.2) is 64.0 Å². The van der Waals surface area contributed by atoms with Crippen molar-refractivity contribution in [2.75, 3.05) is 49.0 Å². The maximum Gasteiger partial charge on any atom is 0.264 e. The van der Waals surface area contributed by atoms with E-state index < -0.39 is 10.0 Å². The summed E-state index contributed by atoms with van der Waals surface area (Å²) in [5.74, 6) is 0.500. The quantitative estimate of drug-likeness (QED) is 0.225. The number of likely N-dealkylation sites (N-methyl/N-ethyl adjacent to an activating group) is 1. The van der Waals surface area contributed by atoms with E-state index in [4.69, 9.17) is 9.72 Å². The molecule has 206 valence electrons. The Morgan fingerprint density at radius 1 is 0.897 bits per heavy atom. The molecule has 0 saturated heterocycles. The third-order valence-corrected chi connectivity index (χ3v) is 9.57. The van der Waals surface area contributed by atoms with Crippen LogP contribution in [0.4, 0.5) is 10.8 Å². The number of carbonyl (C=O) groups is 1. The summed E-state index contributed by atoms with van der Waals surface area (Å²) >= 11 is 1.43. The second kappa shape index (κ2) is 12.6. The molecule has 0 unspecified atom stereocenters. The number of amides is 1. The van der Waals surface area contributed by atoms with Crippen LogP contribution in [0.3, 0.4) is 0 Å². The first-order valence-electron chi connectivity index (χ1n) is 13.0. The highest BCUT2D eigenvalue weighted by molar-refractivity contribution is 7.92. The van der Waals surface area contributed by atoms with Crippen molar-refractivity contribution in [1.82, 2.24) is 9.88 Å². The highest BCUT2D eigenvalue weighted by atomic mass is 32.2. The number of rotatable bonds is 12. The third kappa shape index (κ3) is 6.24. The number of aromatic nitrogens is 1. The third-order valence-electron chi connectivity index (χ3n) is 6.62. The zero-order chi connectivity index (χ0) is 28.0. The predicted molar refractivity (Wildman–Crippen MR) is 159 cm³/mol. The van der Waals surface area contributed by atoms with Crippen LogP contribution in [0.15, 0.2) is 77.7 Å². The Hall–Kier alpha value is -3.47. The Bertz CT molecular complexity index is 1500. The number of hydrogen-bond acceptors (Lipinski definition) is 7. The van der Waals surface area contributed by atoms with Gasteiger partial charge in [-0.3, -0.25) is 14.0 Å². The van der Waals surface area contributed by atoms with E-state index in [0.717, 1.165) is 29.1 Å². The molecule has 0 radical (unpaired) electrons. The summed E-state index contributed by atoms with van der Waals surface area (Å²) in [4.78, 5) is 22.6. The fourth-order valence-electron chi connectivity index (χ4n) is 4.34. The highest BCUT2D eigenvalue weighted by Gasteiger charge is 2.26. The first-order chi connectivity index (χ1) is 18.8. The molecular weight excluding hydrogens is 532 g/mol. The van der Waals surface area contributed by atoms with Crippen molar-refractivity contribution in [1.29, 1.82) is 0 Å². The second-order valence-corrected chi connectivity index (χ2v) is 11.7. The molecule has 1 amide bonds. The molecule has 1 heterocycles. The van der Waals surface area contributed by atoms with Crippen LogP contribution in [0, 0.1) is 0 Å². The Labute approximate surface area is 234 Å². The van der Waals surface area contributed by atoms with Gasteiger partial charge in [-0.05, 0) is 74.6 Å². The number of nitrogens with zero attached hydrogens (tertiary/aromatic N) is 4. The summed E-state index contributed by atoms with van der Waals surface area (Å²) in [6.45, 7) is 9.15. The molecule has 0 aliphatic heterocycles. The lowest BCUT2D eigenvalue weighted by atomic mass is 10.2. The molecule has 0 saturated carbocycles. The number of fused-ring (bicyclic) bond motifs is 1. The fourth-order valence-corrected chi connectivity index (χ4v) is 6.83. The molecule has 3 aromatic carbocycles. The maximum atomic E-state index is 13.8. The maximum absolute atomic E-state index is 13.8. The normalized spacial score (nSPS) is 11.6. The van der Waals surface area contributed by atoms with Crippen molar-refractivity contribution >= 4 is 48.3 Å². The molecule has 0 N–H and O–H groups in total. The molecule has 0 atom stereocenters. The van der Waals surface area contributed by atoms with Crippen LogP contribution in [0.5, 0.6) is 5.75 Å². The Morgan fingerprint density at radius 3 is 2.21 bits per heavy atom. The van der Waals surface area contributed by atoms with Gasteiger partial charge < -0.3 is 9.64 Å². The predicted octanol–water partition coefficient (Wildman–Crippen LogP) is 5.51. The molecule has 10 heteroatoms. The van der Waals surface area contributed by atoms with Crippen molar-refractivity contribution < 1.29 is 17.9 Å². The SMILES string of the molecule is CCN(CC)CCN(C(=O)c1ccc(S(=O)(=O)N(CC)c2ccccc2)cc1)c1nc2ccc(OC)cc2s1. The summed E-state index contributed by atoms with van der Waals surface area (Å²) in [5, 5.41) is 0.591. The number of methoxy groups -OCH3 is 1. The number of sulfonamides is 1. The highest BCUT2D eigenvalue weighted by Crippen LogP contribution is 2.32. The van der Waals surface area contributed by atoms with Crippen molar-refractivity contribution in [3.05, 3.63) is 78.4 Å². The van der Waals surface area contributed by atoms with Crippen LogP contribution < -0.4 is 13.9 Å². The Morgan fingerprint density at radius 2 is 1.59 bits per heavy atom. The van der Waals surface area contributed by atoms with Crippen LogP contribution >= 0.6 is 11.3 Å². The molecule has 39 heavy (non-hydrogen) atoms. The lowest BCUT2D eigenvalue weighted by molar-refractivity contribution is 0.0983.